The topological polar surface area (TPSA) is 104 Å². The summed E-state index contributed by atoms with van der Waals surface area (Å²) in [7, 11) is 2.88. The SMILES string of the molecule is Bc1c(O)c(B)c(O)c(-c2cc(Cl)ccc2[N+](=O)[O-])c1O. The molecule has 0 atom stereocenters. The molecule has 6 nitrogen and oxygen atoms in total. The number of benzene rings is 2. The molecule has 2 aromatic carbocycles. The minimum absolute atomic E-state index is 0.0197. The van der Waals surface area contributed by atoms with Crippen molar-refractivity contribution in [3.8, 4) is 28.4 Å². The Morgan fingerprint density at radius 1 is 1.05 bits per heavy atom. The van der Waals surface area contributed by atoms with Gasteiger partial charge >= 0.3 is 0 Å². The predicted octanol–water partition coefficient (Wildman–Crippen LogP) is -0.451. The molecule has 0 aliphatic carbocycles. The molecule has 0 spiro atoms. The second kappa shape index (κ2) is 5.21. The normalized spacial score (nSPS) is 10.5. The van der Waals surface area contributed by atoms with Crippen LogP contribution in [0.5, 0.6) is 17.2 Å². The van der Waals surface area contributed by atoms with Crippen molar-refractivity contribution in [1.82, 2.24) is 0 Å². The van der Waals surface area contributed by atoms with E-state index in [1.807, 2.05) is 0 Å². The lowest BCUT2D eigenvalue weighted by Gasteiger charge is -2.15. The van der Waals surface area contributed by atoms with E-state index >= 15 is 0 Å². The van der Waals surface area contributed by atoms with Crippen molar-refractivity contribution in [2.24, 2.45) is 0 Å². The summed E-state index contributed by atoms with van der Waals surface area (Å²) in [6.07, 6.45) is 0. The van der Waals surface area contributed by atoms with E-state index in [4.69, 9.17) is 11.6 Å². The molecule has 0 amide bonds. The zero-order valence-electron chi connectivity index (χ0n) is 11.2. The lowest BCUT2D eigenvalue weighted by Crippen LogP contribution is -2.17. The Labute approximate surface area is 126 Å². The van der Waals surface area contributed by atoms with Gasteiger partial charge in [-0.2, -0.15) is 0 Å². The molecular formula is C12H10B2ClNO5. The monoisotopic (exact) mass is 305 g/mol. The van der Waals surface area contributed by atoms with Crippen LogP contribution in [0.2, 0.25) is 5.02 Å². The number of hydrogen-bond donors (Lipinski definition) is 3. The highest BCUT2D eigenvalue weighted by Crippen LogP contribution is 2.42. The summed E-state index contributed by atoms with van der Waals surface area (Å²) >= 11 is 5.85. The quantitative estimate of drug-likeness (QED) is 0.396. The van der Waals surface area contributed by atoms with Gasteiger partial charge in [0.2, 0.25) is 0 Å². The maximum Gasteiger partial charge on any atom is 0.277 e. The van der Waals surface area contributed by atoms with Gasteiger partial charge in [0.1, 0.15) is 32.9 Å². The summed E-state index contributed by atoms with van der Waals surface area (Å²) in [6.45, 7) is 0. The van der Waals surface area contributed by atoms with Gasteiger partial charge in [-0.05, 0) is 23.1 Å². The van der Waals surface area contributed by atoms with E-state index in [-0.39, 0.29) is 38.5 Å². The Morgan fingerprint density at radius 3 is 2.05 bits per heavy atom. The van der Waals surface area contributed by atoms with Crippen LogP contribution in [0.4, 0.5) is 5.69 Å². The van der Waals surface area contributed by atoms with Gasteiger partial charge in [-0.3, -0.25) is 10.1 Å². The third-order valence-corrected chi connectivity index (χ3v) is 3.55. The third-order valence-electron chi connectivity index (χ3n) is 3.32. The van der Waals surface area contributed by atoms with E-state index in [1.165, 1.54) is 33.9 Å². The van der Waals surface area contributed by atoms with Gasteiger partial charge < -0.3 is 15.3 Å². The molecule has 2 rings (SSSR count). The van der Waals surface area contributed by atoms with Crippen molar-refractivity contribution in [2.45, 2.75) is 0 Å². The molecule has 9 heteroatoms. The summed E-state index contributed by atoms with van der Waals surface area (Å²) in [4.78, 5) is 10.5. The zero-order valence-corrected chi connectivity index (χ0v) is 12.0. The third kappa shape index (κ3) is 2.38. The fourth-order valence-electron chi connectivity index (χ4n) is 2.12. The van der Waals surface area contributed by atoms with Crippen molar-refractivity contribution >= 4 is 43.9 Å². The number of aromatic hydroxyl groups is 3. The molecule has 21 heavy (non-hydrogen) atoms. The highest BCUT2D eigenvalue weighted by atomic mass is 35.5. The fourth-order valence-corrected chi connectivity index (χ4v) is 2.29. The van der Waals surface area contributed by atoms with Gasteiger partial charge in [-0.15, -0.1) is 0 Å². The number of nitrogens with zero attached hydrogens (tertiary/aromatic N) is 1. The van der Waals surface area contributed by atoms with Gasteiger partial charge in [-0.1, -0.05) is 11.6 Å². The van der Waals surface area contributed by atoms with Crippen LogP contribution in [0.3, 0.4) is 0 Å². The van der Waals surface area contributed by atoms with E-state index in [2.05, 4.69) is 0 Å². The maximum absolute atomic E-state index is 11.1. The van der Waals surface area contributed by atoms with Crippen LogP contribution < -0.4 is 10.9 Å². The molecule has 0 fully saturated rings. The number of halogens is 1. The zero-order chi connectivity index (χ0) is 15.9. The first-order chi connectivity index (χ1) is 9.75. The van der Waals surface area contributed by atoms with Crippen LogP contribution >= 0.6 is 11.6 Å². The summed E-state index contributed by atoms with van der Waals surface area (Å²) < 4.78 is 0. The van der Waals surface area contributed by atoms with Gasteiger partial charge in [0.25, 0.3) is 5.69 Å². The van der Waals surface area contributed by atoms with Gasteiger partial charge in [0.05, 0.1) is 16.1 Å². The molecule has 0 heterocycles. The van der Waals surface area contributed by atoms with E-state index in [0.29, 0.717) is 0 Å². The number of phenols is 3. The molecule has 0 unspecified atom stereocenters. The fraction of sp³-hybridized carbons (Fsp3) is 0. The summed E-state index contributed by atoms with van der Waals surface area (Å²) in [5.41, 5.74) is -0.218. The van der Waals surface area contributed by atoms with Gasteiger partial charge in [0.15, 0.2) is 0 Å². The Balaban J connectivity index is 2.92. The molecule has 0 aliphatic heterocycles. The number of rotatable bonds is 2. The van der Waals surface area contributed by atoms with Crippen molar-refractivity contribution in [2.75, 3.05) is 0 Å². The number of phenolic OH excluding ortho intramolecular Hbond substituents is 3. The second-order valence-corrected chi connectivity index (χ2v) is 5.03. The Hall–Kier alpha value is -2.34. The second-order valence-electron chi connectivity index (χ2n) is 4.59. The average molecular weight is 305 g/mol. The lowest BCUT2D eigenvalue weighted by molar-refractivity contribution is -0.384. The van der Waals surface area contributed by atoms with Crippen LogP contribution in [0.1, 0.15) is 0 Å². The molecule has 3 N–H and O–H groups in total. The number of nitro benzene ring substituents is 1. The average Bonchev–Trinajstić information content (AvgIpc) is 2.43. The van der Waals surface area contributed by atoms with E-state index in [9.17, 15) is 25.4 Å². The van der Waals surface area contributed by atoms with Crippen LogP contribution in [-0.2, 0) is 0 Å². The standard InChI is InChI=1S/C12H10B2ClNO5/c13-8-10(17)7(11(18)9(14)12(8)19)5-3-4(15)1-2-6(5)16(20)21/h1-3,17-19H,13-14H2. The molecule has 0 radical (unpaired) electrons. The maximum atomic E-state index is 11.1. The van der Waals surface area contributed by atoms with E-state index in [1.54, 1.807) is 0 Å². The molecule has 106 valence electrons. The highest BCUT2D eigenvalue weighted by molar-refractivity contribution is 6.44. The summed E-state index contributed by atoms with van der Waals surface area (Å²) in [6, 6.07) is 3.82. The number of nitro groups is 1. The van der Waals surface area contributed by atoms with Crippen LogP contribution in [0.25, 0.3) is 11.1 Å². The van der Waals surface area contributed by atoms with Crippen molar-refractivity contribution < 1.29 is 20.2 Å². The molecule has 0 aromatic heterocycles. The van der Waals surface area contributed by atoms with Crippen LogP contribution in [0, 0.1) is 10.1 Å². The van der Waals surface area contributed by atoms with E-state index in [0.717, 1.165) is 0 Å². The van der Waals surface area contributed by atoms with Crippen molar-refractivity contribution in [3.63, 3.8) is 0 Å². The van der Waals surface area contributed by atoms with Crippen molar-refractivity contribution in [3.05, 3.63) is 33.3 Å². The Bertz CT molecular complexity index is 737. The van der Waals surface area contributed by atoms with Crippen molar-refractivity contribution in [1.29, 1.82) is 0 Å². The molecule has 0 saturated heterocycles. The number of hydrogen-bond acceptors (Lipinski definition) is 5. The Kier molecular flexibility index (Phi) is 3.74. The minimum atomic E-state index is -0.637. The molecular weight excluding hydrogens is 295 g/mol. The lowest BCUT2D eigenvalue weighted by atomic mass is 9.80. The van der Waals surface area contributed by atoms with Gasteiger partial charge in [-0.25, -0.2) is 0 Å². The summed E-state index contributed by atoms with van der Waals surface area (Å²) in [5.74, 6) is -1.12. The first kappa shape index (κ1) is 15.1. The van der Waals surface area contributed by atoms with Crippen LogP contribution in [0.15, 0.2) is 18.2 Å². The van der Waals surface area contributed by atoms with Gasteiger partial charge in [0, 0.05) is 11.1 Å². The first-order valence-electron chi connectivity index (χ1n) is 5.94. The van der Waals surface area contributed by atoms with Crippen LogP contribution in [-0.4, -0.2) is 35.9 Å². The molecule has 0 saturated carbocycles. The first-order valence-corrected chi connectivity index (χ1v) is 6.31. The Morgan fingerprint density at radius 2 is 1.57 bits per heavy atom. The summed E-state index contributed by atoms with van der Waals surface area (Å²) in [5, 5.41) is 41.4. The smallest absolute Gasteiger partial charge is 0.277 e. The molecule has 2 aromatic rings. The van der Waals surface area contributed by atoms with E-state index < -0.39 is 16.4 Å². The largest absolute Gasteiger partial charge is 0.509 e. The minimum Gasteiger partial charge on any atom is -0.509 e. The highest BCUT2D eigenvalue weighted by Gasteiger charge is 2.25. The predicted molar refractivity (Wildman–Crippen MR) is 84.9 cm³/mol. The molecule has 0 bridgehead atoms. The molecule has 0 aliphatic rings.